The highest BCUT2D eigenvalue weighted by molar-refractivity contribution is 5.59. The number of hydrogen-bond acceptors (Lipinski definition) is 2. The van der Waals surface area contributed by atoms with Crippen LogP contribution in [0.1, 0.15) is 79.1 Å². The van der Waals surface area contributed by atoms with Crippen molar-refractivity contribution in [3.8, 4) is 0 Å². The number of rotatable bonds is 14. The molecule has 137 valence electrons. The number of hydrogen-bond donors (Lipinski definition) is 0. The lowest BCUT2D eigenvalue weighted by atomic mass is 10.2. The maximum absolute atomic E-state index is 3.41. The summed E-state index contributed by atoms with van der Waals surface area (Å²) < 4.78 is 0. The Labute approximate surface area is 151 Å². The van der Waals surface area contributed by atoms with Gasteiger partial charge in [-0.2, -0.15) is 0 Å². The summed E-state index contributed by atoms with van der Waals surface area (Å²) in [7, 11) is 0. The van der Waals surface area contributed by atoms with Gasteiger partial charge in [0.15, 0.2) is 0 Å². The molecule has 2 heteroatoms. The second-order valence-corrected chi connectivity index (χ2v) is 6.84. The largest absolute Gasteiger partial charge is 0.371 e. The molecule has 0 aromatic heterocycles. The molecule has 0 amide bonds. The molecule has 1 aromatic carbocycles. The average Bonchev–Trinajstić information content (AvgIpc) is 2.62. The average molecular weight is 332 g/mol. The van der Waals surface area contributed by atoms with Gasteiger partial charge in [-0.1, -0.05) is 53.4 Å². The monoisotopic (exact) mass is 331 g/mol. The summed E-state index contributed by atoms with van der Waals surface area (Å²) >= 11 is 0. The van der Waals surface area contributed by atoms with Gasteiger partial charge in [0.25, 0.3) is 0 Å². The zero-order valence-electron chi connectivity index (χ0n) is 16.6. The maximum atomic E-state index is 3.41. The zero-order chi connectivity index (χ0) is 17.6. The van der Waals surface area contributed by atoms with Gasteiger partial charge < -0.3 is 9.80 Å². The summed E-state index contributed by atoms with van der Waals surface area (Å²) in [5, 5.41) is 0. The SMILES string of the molecule is CCCCN(CCCC)c1c[c]cc(N(CCCC)CCCC)c1. The van der Waals surface area contributed by atoms with Crippen molar-refractivity contribution in [1.82, 2.24) is 0 Å². The molecule has 0 atom stereocenters. The van der Waals surface area contributed by atoms with Gasteiger partial charge in [0.05, 0.1) is 0 Å². The molecular weight excluding hydrogens is 292 g/mol. The van der Waals surface area contributed by atoms with Gasteiger partial charge in [-0.3, -0.25) is 0 Å². The van der Waals surface area contributed by atoms with Crippen LogP contribution in [0.25, 0.3) is 0 Å². The predicted molar refractivity (Wildman–Crippen MR) is 109 cm³/mol. The summed E-state index contributed by atoms with van der Waals surface area (Å²) in [4.78, 5) is 5.12. The molecule has 0 spiro atoms. The Morgan fingerprint density at radius 2 is 0.958 bits per heavy atom. The molecule has 0 bridgehead atoms. The minimum Gasteiger partial charge on any atom is -0.371 e. The molecule has 0 aliphatic rings. The molecule has 0 heterocycles. The number of anilines is 2. The molecule has 1 aromatic rings. The van der Waals surface area contributed by atoms with E-state index in [0.29, 0.717) is 0 Å². The molecule has 0 aliphatic carbocycles. The maximum Gasteiger partial charge on any atom is 0.0393 e. The highest BCUT2D eigenvalue weighted by Gasteiger charge is 2.10. The van der Waals surface area contributed by atoms with Gasteiger partial charge in [-0.05, 0) is 49.9 Å². The quantitative estimate of drug-likeness (QED) is 0.394. The van der Waals surface area contributed by atoms with Crippen molar-refractivity contribution in [3.05, 3.63) is 24.3 Å². The van der Waals surface area contributed by atoms with E-state index in [-0.39, 0.29) is 0 Å². The zero-order valence-corrected chi connectivity index (χ0v) is 16.6. The minimum atomic E-state index is 1.16. The van der Waals surface area contributed by atoms with Crippen LogP contribution < -0.4 is 9.80 Å². The second kappa shape index (κ2) is 13.1. The van der Waals surface area contributed by atoms with Crippen molar-refractivity contribution in [3.63, 3.8) is 0 Å². The van der Waals surface area contributed by atoms with E-state index >= 15 is 0 Å². The van der Waals surface area contributed by atoms with Crippen LogP contribution in [0.3, 0.4) is 0 Å². The Morgan fingerprint density at radius 1 is 0.625 bits per heavy atom. The van der Waals surface area contributed by atoms with Gasteiger partial charge in [0.1, 0.15) is 0 Å². The Hall–Kier alpha value is -1.18. The first-order valence-corrected chi connectivity index (χ1v) is 10.3. The molecule has 1 rings (SSSR count). The van der Waals surface area contributed by atoms with E-state index in [1.807, 2.05) is 0 Å². The number of unbranched alkanes of at least 4 members (excludes halogenated alkanes) is 4. The Bertz CT molecular complexity index is 365. The molecule has 1 radical (unpaired) electrons. The van der Waals surface area contributed by atoms with E-state index in [9.17, 15) is 0 Å². The van der Waals surface area contributed by atoms with Gasteiger partial charge in [0, 0.05) is 37.6 Å². The summed E-state index contributed by atoms with van der Waals surface area (Å²) in [6.07, 6.45) is 10.1. The third-order valence-electron chi connectivity index (χ3n) is 4.61. The van der Waals surface area contributed by atoms with Crippen molar-refractivity contribution in [2.24, 2.45) is 0 Å². The van der Waals surface area contributed by atoms with Crippen LogP contribution in [0.4, 0.5) is 11.4 Å². The first-order valence-electron chi connectivity index (χ1n) is 10.3. The van der Waals surface area contributed by atoms with E-state index in [4.69, 9.17) is 0 Å². The summed E-state index contributed by atoms with van der Waals surface area (Å²) in [6, 6.07) is 10.2. The second-order valence-electron chi connectivity index (χ2n) is 6.84. The van der Waals surface area contributed by atoms with Crippen LogP contribution in [0, 0.1) is 6.07 Å². The standard InChI is InChI=1S/C22H39N2/c1-5-9-16-23(17-10-6-2)21-14-13-15-22(20-21)24(18-11-7-3)19-12-8-4/h14-15,20H,5-12,16-19H2,1-4H3. The van der Waals surface area contributed by atoms with Crippen molar-refractivity contribution in [1.29, 1.82) is 0 Å². The predicted octanol–water partition coefficient (Wildman–Crippen LogP) is 6.30. The highest BCUT2D eigenvalue weighted by atomic mass is 15.1. The lowest BCUT2D eigenvalue weighted by Crippen LogP contribution is -2.28. The van der Waals surface area contributed by atoms with Crippen LogP contribution in [-0.2, 0) is 0 Å². The third kappa shape index (κ3) is 7.59. The van der Waals surface area contributed by atoms with Crippen molar-refractivity contribution >= 4 is 11.4 Å². The first-order chi connectivity index (χ1) is 11.8. The summed E-state index contributed by atoms with van der Waals surface area (Å²) in [5.74, 6) is 0. The van der Waals surface area contributed by atoms with Gasteiger partial charge in [-0.25, -0.2) is 0 Å². The van der Waals surface area contributed by atoms with Crippen molar-refractivity contribution in [2.75, 3.05) is 36.0 Å². The lowest BCUT2D eigenvalue weighted by molar-refractivity contribution is 0.672. The molecule has 0 aliphatic heterocycles. The van der Waals surface area contributed by atoms with Crippen molar-refractivity contribution < 1.29 is 0 Å². The van der Waals surface area contributed by atoms with E-state index < -0.39 is 0 Å². The van der Waals surface area contributed by atoms with Crippen LogP contribution in [-0.4, -0.2) is 26.2 Å². The molecule has 0 saturated carbocycles. The minimum absolute atomic E-state index is 1.16. The van der Waals surface area contributed by atoms with Gasteiger partial charge in [-0.15, -0.1) is 0 Å². The van der Waals surface area contributed by atoms with Crippen molar-refractivity contribution in [2.45, 2.75) is 79.1 Å². The third-order valence-corrected chi connectivity index (χ3v) is 4.61. The van der Waals surface area contributed by atoms with Crippen LogP contribution in [0.15, 0.2) is 18.2 Å². The highest BCUT2D eigenvalue weighted by Crippen LogP contribution is 2.24. The number of nitrogens with zero attached hydrogens (tertiary/aromatic N) is 2. The van der Waals surface area contributed by atoms with E-state index in [1.54, 1.807) is 0 Å². The molecular formula is C22H39N2. The molecule has 2 nitrogen and oxygen atoms in total. The summed E-state index contributed by atoms with van der Waals surface area (Å²) in [5.41, 5.74) is 2.71. The molecule has 0 saturated heterocycles. The Balaban J connectivity index is 2.88. The summed E-state index contributed by atoms with van der Waals surface area (Å²) in [6.45, 7) is 13.8. The van der Waals surface area contributed by atoms with Gasteiger partial charge in [0.2, 0.25) is 0 Å². The topological polar surface area (TPSA) is 6.48 Å². The molecule has 0 fully saturated rings. The molecule has 24 heavy (non-hydrogen) atoms. The Morgan fingerprint density at radius 3 is 1.25 bits per heavy atom. The molecule has 0 unspecified atom stereocenters. The van der Waals surface area contributed by atoms with E-state index in [0.717, 1.165) is 26.2 Å². The van der Waals surface area contributed by atoms with Crippen LogP contribution >= 0.6 is 0 Å². The molecule has 0 N–H and O–H groups in total. The van der Waals surface area contributed by atoms with E-state index in [2.05, 4.69) is 61.8 Å². The van der Waals surface area contributed by atoms with Crippen LogP contribution in [0.2, 0.25) is 0 Å². The fourth-order valence-corrected chi connectivity index (χ4v) is 2.95. The Kier molecular flexibility index (Phi) is 11.4. The fraction of sp³-hybridized carbons (Fsp3) is 0.727. The lowest BCUT2D eigenvalue weighted by Gasteiger charge is -2.29. The van der Waals surface area contributed by atoms with Gasteiger partial charge >= 0.3 is 0 Å². The fourth-order valence-electron chi connectivity index (χ4n) is 2.95. The smallest absolute Gasteiger partial charge is 0.0393 e. The van der Waals surface area contributed by atoms with E-state index in [1.165, 1.54) is 62.7 Å². The van der Waals surface area contributed by atoms with Crippen LogP contribution in [0.5, 0.6) is 0 Å². The number of benzene rings is 1. The first kappa shape index (κ1) is 20.9. The normalized spacial score (nSPS) is 10.8.